The monoisotopic (exact) mass is 499 g/mol. The van der Waals surface area contributed by atoms with Crippen molar-refractivity contribution in [1.82, 2.24) is 10.2 Å². The van der Waals surface area contributed by atoms with Crippen LogP contribution in [0.4, 0.5) is 5.69 Å². The fraction of sp³-hybridized carbons (Fsp3) is 0.345. The highest BCUT2D eigenvalue weighted by molar-refractivity contribution is 6.04. The van der Waals surface area contributed by atoms with Gasteiger partial charge in [0.05, 0.1) is 30.6 Å². The summed E-state index contributed by atoms with van der Waals surface area (Å²) in [5.41, 5.74) is 0.179. The van der Waals surface area contributed by atoms with Gasteiger partial charge in [-0.15, -0.1) is 0 Å². The number of rotatable bonds is 6. The highest BCUT2D eigenvalue weighted by atomic mass is 16.5. The molecule has 190 valence electrons. The molecule has 0 radical (unpaired) electrons. The summed E-state index contributed by atoms with van der Waals surface area (Å²) in [7, 11) is 1.54. The highest BCUT2D eigenvalue weighted by Gasteiger charge is 2.75. The lowest BCUT2D eigenvalue weighted by atomic mass is 9.70. The summed E-state index contributed by atoms with van der Waals surface area (Å²) in [6.07, 6.45) is 0.655. The smallest absolute Gasteiger partial charge is 0.250 e. The van der Waals surface area contributed by atoms with Gasteiger partial charge in [0.15, 0.2) is 0 Å². The average Bonchev–Trinajstić information content (AvgIpc) is 3.57. The lowest BCUT2D eigenvalue weighted by Crippen LogP contribution is -2.54. The van der Waals surface area contributed by atoms with E-state index in [0.717, 1.165) is 10.8 Å². The standard InChI is InChI=1S/C29H29N3O5/c1-30-26(34)23-22-13-14-29(37-22)24(23)28(36)32(21(16-33)18-8-3-2-4-9-18)25(29)27(35)31-20-12-11-17-7-5-6-10-19(17)15-20/h2-12,15,21-25,33H,13-14,16H2,1H3,(H,30,34)(H,31,35)/t21-,22-,23+,24+,25?,29?/m1/s1. The molecule has 3 aliphatic rings. The van der Waals surface area contributed by atoms with Gasteiger partial charge in [0, 0.05) is 12.7 Å². The summed E-state index contributed by atoms with van der Waals surface area (Å²) in [5, 5.41) is 18.2. The largest absolute Gasteiger partial charge is 0.394 e. The van der Waals surface area contributed by atoms with Crippen LogP contribution in [0, 0.1) is 11.8 Å². The van der Waals surface area contributed by atoms with Gasteiger partial charge in [0.2, 0.25) is 17.7 Å². The summed E-state index contributed by atoms with van der Waals surface area (Å²) in [4.78, 5) is 42.5. The van der Waals surface area contributed by atoms with Crippen LogP contribution >= 0.6 is 0 Å². The molecule has 8 heteroatoms. The van der Waals surface area contributed by atoms with Crippen molar-refractivity contribution in [3.8, 4) is 0 Å². The molecular weight excluding hydrogens is 470 g/mol. The van der Waals surface area contributed by atoms with Gasteiger partial charge in [0.1, 0.15) is 11.6 Å². The summed E-state index contributed by atoms with van der Waals surface area (Å²) in [6.45, 7) is -0.369. The predicted molar refractivity (Wildman–Crippen MR) is 137 cm³/mol. The number of carbonyl (C=O) groups excluding carboxylic acids is 3. The molecule has 2 bridgehead atoms. The first kappa shape index (κ1) is 23.6. The number of hydrogen-bond acceptors (Lipinski definition) is 5. The number of aliphatic hydroxyl groups is 1. The highest BCUT2D eigenvalue weighted by Crippen LogP contribution is 2.59. The van der Waals surface area contributed by atoms with Crippen LogP contribution in [0.15, 0.2) is 72.8 Å². The molecule has 3 aromatic carbocycles. The fourth-order valence-electron chi connectivity index (χ4n) is 6.70. The summed E-state index contributed by atoms with van der Waals surface area (Å²) < 4.78 is 6.43. The van der Waals surface area contributed by atoms with Crippen LogP contribution in [0.2, 0.25) is 0 Å². The number of nitrogens with one attached hydrogen (secondary N) is 2. The van der Waals surface area contributed by atoms with Gasteiger partial charge in [-0.2, -0.15) is 0 Å². The molecule has 0 saturated carbocycles. The maximum absolute atomic E-state index is 14.1. The Balaban J connectivity index is 1.42. The van der Waals surface area contributed by atoms with Crippen LogP contribution in [0.5, 0.6) is 0 Å². The minimum atomic E-state index is -1.14. The molecule has 0 aromatic heterocycles. The van der Waals surface area contributed by atoms with E-state index in [9.17, 15) is 19.5 Å². The van der Waals surface area contributed by atoms with E-state index in [-0.39, 0.29) is 18.4 Å². The van der Waals surface area contributed by atoms with Crippen LogP contribution in [0.25, 0.3) is 10.8 Å². The Morgan fingerprint density at radius 2 is 1.78 bits per heavy atom. The second-order valence-corrected chi connectivity index (χ2v) is 10.1. The van der Waals surface area contributed by atoms with Gasteiger partial charge in [-0.3, -0.25) is 14.4 Å². The second kappa shape index (κ2) is 8.97. The van der Waals surface area contributed by atoms with Crippen molar-refractivity contribution in [2.24, 2.45) is 11.8 Å². The van der Waals surface area contributed by atoms with Crippen molar-refractivity contribution in [3.63, 3.8) is 0 Å². The van der Waals surface area contributed by atoms with Crippen LogP contribution in [-0.2, 0) is 19.1 Å². The number of anilines is 1. The molecule has 6 atom stereocenters. The molecule has 6 rings (SSSR count). The third-order valence-electron chi connectivity index (χ3n) is 8.25. The Kier molecular flexibility index (Phi) is 5.73. The Morgan fingerprint density at radius 1 is 1.05 bits per heavy atom. The topological polar surface area (TPSA) is 108 Å². The van der Waals surface area contributed by atoms with Crippen molar-refractivity contribution in [3.05, 3.63) is 78.4 Å². The van der Waals surface area contributed by atoms with Crippen LogP contribution in [-0.4, -0.2) is 59.1 Å². The minimum absolute atomic E-state index is 0.263. The van der Waals surface area contributed by atoms with Gasteiger partial charge >= 0.3 is 0 Å². The Bertz CT molecular complexity index is 1380. The van der Waals surface area contributed by atoms with Crippen molar-refractivity contribution in [2.45, 2.75) is 36.6 Å². The number of benzene rings is 3. The van der Waals surface area contributed by atoms with Crippen molar-refractivity contribution in [2.75, 3.05) is 19.0 Å². The maximum Gasteiger partial charge on any atom is 0.250 e. The first-order chi connectivity index (χ1) is 18.0. The Labute approximate surface area is 214 Å². The maximum atomic E-state index is 14.1. The lowest BCUT2D eigenvalue weighted by Gasteiger charge is -2.36. The van der Waals surface area contributed by atoms with Gasteiger partial charge in [-0.05, 0) is 41.3 Å². The molecule has 1 spiro atoms. The van der Waals surface area contributed by atoms with E-state index >= 15 is 0 Å². The number of hydrogen-bond donors (Lipinski definition) is 3. The number of nitrogens with zero attached hydrogens (tertiary/aromatic N) is 1. The molecule has 3 heterocycles. The molecule has 2 unspecified atom stereocenters. The molecule has 3 amide bonds. The third kappa shape index (κ3) is 3.54. The van der Waals surface area contributed by atoms with Crippen LogP contribution in [0.1, 0.15) is 24.4 Å². The predicted octanol–water partition coefficient (Wildman–Crippen LogP) is 2.63. The van der Waals surface area contributed by atoms with E-state index in [1.165, 1.54) is 4.90 Å². The molecule has 37 heavy (non-hydrogen) atoms. The summed E-state index contributed by atoms with van der Waals surface area (Å²) in [5.74, 6) is -2.46. The quantitative estimate of drug-likeness (QED) is 0.483. The minimum Gasteiger partial charge on any atom is -0.394 e. The lowest BCUT2D eigenvalue weighted by molar-refractivity contribution is -0.144. The van der Waals surface area contributed by atoms with Gasteiger partial charge < -0.3 is 25.4 Å². The summed E-state index contributed by atoms with van der Waals surface area (Å²) >= 11 is 0. The van der Waals surface area contributed by atoms with E-state index in [1.54, 1.807) is 7.05 Å². The van der Waals surface area contributed by atoms with E-state index in [4.69, 9.17) is 4.74 Å². The zero-order chi connectivity index (χ0) is 25.7. The van der Waals surface area contributed by atoms with Crippen molar-refractivity contribution < 1.29 is 24.2 Å². The average molecular weight is 500 g/mol. The Hall–Kier alpha value is -3.75. The first-order valence-corrected chi connectivity index (χ1v) is 12.7. The fourth-order valence-corrected chi connectivity index (χ4v) is 6.70. The third-order valence-corrected chi connectivity index (χ3v) is 8.25. The number of fused-ring (bicyclic) bond motifs is 2. The zero-order valence-electron chi connectivity index (χ0n) is 20.5. The molecule has 3 aromatic rings. The number of aliphatic hydroxyl groups excluding tert-OH is 1. The van der Waals surface area contributed by atoms with E-state index in [0.29, 0.717) is 24.1 Å². The number of carbonyl (C=O) groups is 3. The number of likely N-dealkylation sites (tertiary alicyclic amines) is 1. The zero-order valence-corrected chi connectivity index (χ0v) is 20.5. The van der Waals surface area contributed by atoms with Crippen LogP contribution in [0.3, 0.4) is 0 Å². The van der Waals surface area contributed by atoms with Gasteiger partial charge in [0.25, 0.3) is 0 Å². The molecule has 3 aliphatic heterocycles. The van der Waals surface area contributed by atoms with Gasteiger partial charge in [-0.25, -0.2) is 0 Å². The molecule has 3 fully saturated rings. The number of ether oxygens (including phenoxy) is 1. The molecule has 0 aliphatic carbocycles. The van der Waals surface area contributed by atoms with Crippen molar-refractivity contribution >= 4 is 34.2 Å². The Morgan fingerprint density at radius 3 is 2.51 bits per heavy atom. The summed E-state index contributed by atoms with van der Waals surface area (Å²) in [6, 6.07) is 20.9. The van der Waals surface area contributed by atoms with Gasteiger partial charge in [-0.1, -0.05) is 60.7 Å². The molecule has 8 nitrogen and oxygen atoms in total. The molecular formula is C29H29N3O5. The van der Waals surface area contributed by atoms with E-state index in [2.05, 4.69) is 10.6 Å². The number of amides is 3. The van der Waals surface area contributed by atoms with Crippen molar-refractivity contribution in [1.29, 1.82) is 0 Å². The molecule has 3 N–H and O–H groups in total. The van der Waals surface area contributed by atoms with E-state index in [1.807, 2.05) is 72.8 Å². The molecule has 3 saturated heterocycles. The van der Waals surface area contributed by atoms with E-state index < -0.39 is 41.5 Å². The SMILES string of the molecule is CNC(=O)[C@@H]1[C@H]2C(=O)N([C@H](CO)c3ccccc3)C(C(=O)Nc3ccc4ccccc4c3)C23CC[C@H]1O3. The second-order valence-electron chi connectivity index (χ2n) is 10.1. The van der Waals surface area contributed by atoms with Crippen LogP contribution < -0.4 is 10.6 Å². The normalized spacial score (nSPS) is 28.8. The first-order valence-electron chi connectivity index (χ1n) is 12.7.